The Balaban J connectivity index is 2.86. The summed E-state index contributed by atoms with van der Waals surface area (Å²) in [4.78, 5) is 23.6. The lowest BCUT2D eigenvalue weighted by atomic mass is 9.96. The molecular weight excluding hydrogens is 280 g/mol. The Bertz CT molecular complexity index is 527. The SMILES string of the molecule is CCCOc1ccc(CC(=O)[C@@H](N)CC(C)C)cc1C(N)=O. The van der Waals surface area contributed by atoms with Crippen LogP contribution in [0.3, 0.4) is 0 Å². The van der Waals surface area contributed by atoms with Crippen LogP contribution in [0.25, 0.3) is 0 Å². The smallest absolute Gasteiger partial charge is 0.252 e. The third-order valence-electron chi connectivity index (χ3n) is 3.29. The maximum atomic E-state index is 12.1. The summed E-state index contributed by atoms with van der Waals surface area (Å²) in [6.45, 7) is 6.54. The van der Waals surface area contributed by atoms with Crippen LogP contribution in [0.15, 0.2) is 18.2 Å². The van der Waals surface area contributed by atoms with Gasteiger partial charge in [-0.1, -0.05) is 26.8 Å². The van der Waals surface area contributed by atoms with Crippen LogP contribution in [0, 0.1) is 5.92 Å². The predicted molar refractivity (Wildman–Crippen MR) is 86.9 cm³/mol. The van der Waals surface area contributed by atoms with Gasteiger partial charge >= 0.3 is 0 Å². The fourth-order valence-corrected chi connectivity index (χ4v) is 2.19. The summed E-state index contributed by atoms with van der Waals surface area (Å²) < 4.78 is 5.50. The Morgan fingerprint density at radius 1 is 1.27 bits per heavy atom. The normalized spacial score (nSPS) is 12.2. The summed E-state index contributed by atoms with van der Waals surface area (Å²) >= 11 is 0. The zero-order chi connectivity index (χ0) is 16.7. The Labute approximate surface area is 132 Å². The second-order valence-electron chi connectivity index (χ2n) is 5.92. The van der Waals surface area contributed by atoms with Gasteiger partial charge in [-0.15, -0.1) is 0 Å². The number of hydrogen-bond donors (Lipinski definition) is 2. The molecule has 0 aliphatic heterocycles. The number of carbonyl (C=O) groups is 2. The topological polar surface area (TPSA) is 95.4 Å². The first kappa shape index (κ1) is 18.2. The van der Waals surface area contributed by atoms with E-state index < -0.39 is 11.9 Å². The highest BCUT2D eigenvalue weighted by atomic mass is 16.5. The molecule has 0 saturated heterocycles. The molecule has 1 aromatic carbocycles. The molecule has 0 aromatic heterocycles. The molecule has 0 aliphatic rings. The van der Waals surface area contributed by atoms with Crippen LogP contribution in [0.1, 0.15) is 49.5 Å². The minimum absolute atomic E-state index is 0.0358. The van der Waals surface area contributed by atoms with Crippen molar-refractivity contribution in [2.75, 3.05) is 6.61 Å². The highest BCUT2D eigenvalue weighted by molar-refractivity contribution is 5.96. The average molecular weight is 306 g/mol. The van der Waals surface area contributed by atoms with E-state index in [1.54, 1.807) is 18.2 Å². The fraction of sp³-hybridized carbons (Fsp3) is 0.529. The molecule has 5 heteroatoms. The number of Topliss-reactive ketones (excluding diaryl/α,β-unsaturated/α-hetero) is 1. The average Bonchev–Trinajstić information content (AvgIpc) is 2.44. The van der Waals surface area contributed by atoms with E-state index in [1.807, 2.05) is 20.8 Å². The highest BCUT2D eigenvalue weighted by Crippen LogP contribution is 2.21. The van der Waals surface area contributed by atoms with Crippen molar-refractivity contribution in [3.05, 3.63) is 29.3 Å². The Hall–Kier alpha value is -1.88. The van der Waals surface area contributed by atoms with Gasteiger partial charge in [-0.05, 0) is 36.5 Å². The summed E-state index contributed by atoms with van der Waals surface area (Å²) in [6, 6.07) is 4.60. The number of primary amides is 1. The van der Waals surface area contributed by atoms with Gasteiger partial charge in [0.1, 0.15) is 5.75 Å². The molecule has 0 fully saturated rings. The van der Waals surface area contributed by atoms with E-state index >= 15 is 0 Å². The lowest BCUT2D eigenvalue weighted by Crippen LogP contribution is -2.33. The van der Waals surface area contributed by atoms with E-state index in [0.29, 0.717) is 30.3 Å². The van der Waals surface area contributed by atoms with Crippen LogP contribution in [0.5, 0.6) is 5.75 Å². The number of nitrogens with two attached hydrogens (primary N) is 2. The lowest BCUT2D eigenvalue weighted by Gasteiger charge is -2.14. The van der Waals surface area contributed by atoms with Gasteiger partial charge in [0.25, 0.3) is 5.91 Å². The predicted octanol–water partition coefficient (Wildman–Crippen LogP) is 2.06. The van der Waals surface area contributed by atoms with Gasteiger partial charge in [0, 0.05) is 6.42 Å². The molecule has 0 heterocycles. The molecule has 0 unspecified atom stereocenters. The first-order valence-corrected chi connectivity index (χ1v) is 7.69. The molecule has 1 amide bonds. The molecular formula is C17H26N2O3. The molecule has 0 saturated carbocycles. The van der Waals surface area contributed by atoms with Crippen molar-refractivity contribution in [2.24, 2.45) is 17.4 Å². The molecule has 1 atom stereocenters. The van der Waals surface area contributed by atoms with Crippen LogP contribution in [0.4, 0.5) is 0 Å². The van der Waals surface area contributed by atoms with Crippen molar-refractivity contribution in [1.29, 1.82) is 0 Å². The molecule has 1 aromatic rings. The van der Waals surface area contributed by atoms with Crippen molar-refractivity contribution >= 4 is 11.7 Å². The summed E-state index contributed by atoms with van der Waals surface area (Å²) in [7, 11) is 0. The second kappa shape index (κ2) is 8.54. The van der Waals surface area contributed by atoms with Crippen molar-refractivity contribution < 1.29 is 14.3 Å². The van der Waals surface area contributed by atoms with Crippen molar-refractivity contribution in [1.82, 2.24) is 0 Å². The Morgan fingerprint density at radius 3 is 2.50 bits per heavy atom. The number of benzene rings is 1. The fourth-order valence-electron chi connectivity index (χ4n) is 2.19. The van der Waals surface area contributed by atoms with Crippen molar-refractivity contribution in [3.8, 4) is 5.75 Å². The highest BCUT2D eigenvalue weighted by Gasteiger charge is 2.17. The Kier molecular flexibility index (Phi) is 7.05. The van der Waals surface area contributed by atoms with E-state index in [1.165, 1.54) is 0 Å². The second-order valence-corrected chi connectivity index (χ2v) is 5.92. The molecule has 5 nitrogen and oxygen atoms in total. The van der Waals surface area contributed by atoms with Gasteiger partial charge in [0.05, 0.1) is 18.2 Å². The first-order chi connectivity index (χ1) is 10.3. The van der Waals surface area contributed by atoms with E-state index in [2.05, 4.69) is 0 Å². The van der Waals surface area contributed by atoms with Gasteiger partial charge in [-0.25, -0.2) is 0 Å². The van der Waals surface area contributed by atoms with Gasteiger partial charge < -0.3 is 16.2 Å². The van der Waals surface area contributed by atoms with E-state index in [4.69, 9.17) is 16.2 Å². The number of ketones is 1. The number of hydrogen-bond acceptors (Lipinski definition) is 4. The molecule has 0 bridgehead atoms. The molecule has 0 radical (unpaired) electrons. The first-order valence-electron chi connectivity index (χ1n) is 7.69. The lowest BCUT2D eigenvalue weighted by molar-refractivity contribution is -0.120. The minimum Gasteiger partial charge on any atom is -0.493 e. The van der Waals surface area contributed by atoms with Gasteiger partial charge in [-0.3, -0.25) is 9.59 Å². The number of rotatable bonds is 9. The standard InChI is InChI=1S/C17H26N2O3/c1-4-7-22-16-6-5-12(9-13(16)17(19)21)10-15(20)14(18)8-11(2)3/h5-6,9,11,14H,4,7-8,10,18H2,1-3H3,(H2,19,21)/t14-/m0/s1. The van der Waals surface area contributed by atoms with Crippen LogP contribution >= 0.6 is 0 Å². The maximum absolute atomic E-state index is 12.1. The molecule has 4 N–H and O–H groups in total. The van der Waals surface area contributed by atoms with E-state index in [-0.39, 0.29) is 12.2 Å². The summed E-state index contributed by atoms with van der Waals surface area (Å²) in [6.07, 6.45) is 1.68. The summed E-state index contributed by atoms with van der Waals surface area (Å²) in [5.41, 5.74) is 12.3. The van der Waals surface area contributed by atoms with Crippen LogP contribution in [0.2, 0.25) is 0 Å². The number of carbonyl (C=O) groups excluding carboxylic acids is 2. The van der Waals surface area contributed by atoms with Gasteiger partial charge in [0.2, 0.25) is 0 Å². The van der Waals surface area contributed by atoms with Gasteiger partial charge in [-0.2, -0.15) is 0 Å². The van der Waals surface area contributed by atoms with E-state index in [0.717, 1.165) is 12.0 Å². The third-order valence-corrected chi connectivity index (χ3v) is 3.29. The molecule has 1 rings (SSSR count). The summed E-state index contributed by atoms with van der Waals surface area (Å²) in [5.74, 6) is 0.222. The third kappa shape index (κ3) is 5.48. The largest absolute Gasteiger partial charge is 0.493 e. The Morgan fingerprint density at radius 2 is 1.95 bits per heavy atom. The monoisotopic (exact) mass is 306 g/mol. The van der Waals surface area contributed by atoms with E-state index in [9.17, 15) is 9.59 Å². The van der Waals surface area contributed by atoms with Gasteiger partial charge in [0.15, 0.2) is 5.78 Å². The van der Waals surface area contributed by atoms with Crippen LogP contribution in [-0.2, 0) is 11.2 Å². The molecule has 22 heavy (non-hydrogen) atoms. The zero-order valence-electron chi connectivity index (χ0n) is 13.6. The van der Waals surface area contributed by atoms with Crippen molar-refractivity contribution in [2.45, 2.75) is 46.1 Å². The minimum atomic E-state index is -0.563. The zero-order valence-corrected chi connectivity index (χ0v) is 13.6. The molecule has 122 valence electrons. The number of ether oxygens (including phenoxy) is 1. The quantitative estimate of drug-likeness (QED) is 0.730. The molecule has 0 aliphatic carbocycles. The van der Waals surface area contributed by atoms with Crippen LogP contribution in [-0.4, -0.2) is 24.3 Å². The summed E-state index contributed by atoms with van der Waals surface area (Å²) in [5, 5.41) is 0. The van der Waals surface area contributed by atoms with Crippen molar-refractivity contribution in [3.63, 3.8) is 0 Å². The maximum Gasteiger partial charge on any atom is 0.252 e. The molecule has 0 spiro atoms. The number of amides is 1. The van der Waals surface area contributed by atoms with Crippen LogP contribution < -0.4 is 16.2 Å².